The fourth-order valence-electron chi connectivity index (χ4n) is 3.13. The standard InChI is InChI=1S/C21H13F2N5O2S/c22-12-7-8-14(23)16(10-12)24-18(29)11-31-21-27-26-19-13-4-1-2-5-15(13)25-20(28(19)21)17-6-3-9-30-17/h1-10H,11H2,(H,24,29). The number of thioether (sulfide) groups is 1. The molecule has 0 aliphatic carbocycles. The second kappa shape index (κ2) is 7.80. The second-order valence-electron chi connectivity index (χ2n) is 6.53. The van der Waals surface area contributed by atoms with E-state index in [1.165, 1.54) is 6.26 Å². The summed E-state index contributed by atoms with van der Waals surface area (Å²) >= 11 is 1.09. The lowest BCUT2D eigenvalue weighted by atomic mass is 10.2. The summed E-state index contributed by atoms with van der Waals surface area (Å²) in [6.45, 7) is 0. The van der Waals surface area contributed by atoms with Crippen LogP contribution in [0, 0.1) is 11.6 Å². The Morgan fingerprint density at radius 1 is 1.10 bits per heavy atom. The van der Waals surface area contributed by atoms with Crippen molar-refractivity contribution in [1.29, 1.82) is 0 Å². The number of hydrogen-bond acceptors (Lipinski definition) is 6. The number of fused-ring (bicyclic) bond motifs is 3. The number of anilines is 1. The topological polar surface area (TPSA) is 85.3 Å². The number of hydrogen-bond donors (Lipinski definition) is 1. The van der Waals surface area contributed by atoms with Gasteiger partial charge in [-0.3, -0.25) is 9.20 Å². The number of halogens is 2. The molecule has 3 aromatic heterocycles. The number of aromatic nitrogens is 4. The van der Waals surface area contributed by atoms with Crippen molar-refractivity contribution in [2.45, 2.75) is 5.16 Å². The van der Waals surface area contributed by atoms with Crippen LogP contribution >= 0.6 is 11.8 Å². The molecule has 5 aromatic rings. The van der Waals surface area contributed by atoms with Crippen molar-refractivity contribution < 1.29 is 18.0 Å². The van der Waals surface area contributed by atoms with Crippen LogP contribution < -0.4 is 5.32 Å². The van der Waals surface area contributed by atoms with Crippen molar-refractivity contribution in [1.82, 2.24) is 19.6 Å². The van der Waals surface area contributed by atoms with Crippen molar-refractivity contribution in [3.63, 3.8) is 0 Å². The van der Waals surface area contributed by atoms with Crippen LogP contribution in [0.25, 0.3) is 28.1 Å². The molecule has 0 saturated heterocycles. The Morgan fingerprint density at radius 2 is 1.97 bits per heavy atom. The zero-order chi connectivity index (χ0) is 21.4. The Kier molecular flexibility index (Phi) is 4.83. The molecular weight excluding hydrogens is 424 g/mol. The van der Waals surface area contributed by atoms with E-state index in [-0.39, 0.29) is 11.4 Å². The Labute approximate surface area is 178 Å². The fourth-order valence-corrected chi connectivity index (χ4v) is 3.87. The van der Waals surface area contributed by atoms with Gasteiger partial charge >= 0.3 is 0 Å². The molecule has 7 nitrogen and oxygen atoms in total. The Bertz CT molecular complexity index is 1420. The van der Waals surface area contributed by atoms with E-state index in [1.54, 1.807) is 16.5 Å². The summed E-state index contributed by atoms with van der Waals surface area (Å²) in [6, 6.07) is 13.9. The Morgan fingerprint density at radius 3 is 2.81 bits per heavy atom. The maximum Gasteiger partial charge on any atom is 0.234 e. The molecular formula is C21H13F2N5O2S. The monoisotopic (exact) mass is 437 g/mol. The van der Waals surface area contributed by atoms with Gasteiger partial charge in [0.05, 0.1) is 23.2 Å². The SMILES string of the molecule is O=C(CSc1nnc2c3ccccc3nc(-c3ccco3)n12)Nc1cc(F)ccc1F. The molecule has 0 saturated carbocycles. The average molecular weight is 437 g/mol. The van der Waals surface area contributed by atoms with Gasteiger partial charge in [-0.25, -0.2) is 13.8 Å². The molecule has 154 valence electrons. The first kappa shape index (κ1) is 19.2. The largest absolute Gasteiger partial charge is 0.461 e. The minimum atomic E-state index is -0.719. The first-order valence-electron chi connectivity index (χ1n) is 9.15. The van der Waals surface area contributed by atoms with E-state index in [2.05, 4.69) is 20.5 Å². The van der Waals surface area contributed by atoms with Gasteiger partial charge in [0, 0.05) is 11.5 Å². The van der Waals surface area contributed by atoms with Gasteiger partial charge in [-0.05, 0) is 36.4 Å². The van der Waals surface area contributed by atoms with Gasteiger partial charge in [-0.15, -0.1) is 10.2 Å². The predicted octanol–water partition coefficient (Wildman–Crippen LogP) is 4.55. The van der Waals surface area contributed by atoms with Crippen LogP contribution in [0.15, 0.2) is 70.4 Å². The summed E-state index contributed by atoms with van der Waals surface area (Å²) in [6.07, 6.45) is 1.54. The van der Waals surface area contributed by atoms with Crippen molar-refractivity contribution in [3.05, 3.63) is 72.5 Å². The minimum absolute atomic E-state index is 0.0961. The van der Waals surface area contributed by atoms with Gasteiger partial charge in [0.25, 0.3) is 0 Å². The number of para-hydroxylation sites is 1. The van der Waals surface area contributed by atoms with E-state index >= 15 is 0 Å². The van der Waals surface area contributed by atoms with Crippen LogP contribution in [-0.2, 0) is 4.79 Å². The van der Waals surface area contributed by atoms with Crippen LogP contribution in [0.1, 0.15) is 0 Å². The summed E-state index contributed by atoms with van der Waals surface area (Å²) in [5.74, 6) is -0.968. The molecule has 5 rings (SSSR count). The van der Waals surface area contributed by atoms with E-state index in [1.807, 2.05) is 24.3 Å². The third-order valence-electron chi connectivity index (χ3n) is 4.49. The minimum Gasteiger partial charge on any atom is -0.461 e. The maximum atomic E-state index is 13.8. The zero-order valence-corrected chi connectivity index (χ0v) is 16.6. The van der Waals surface area contributed by atoms with Crippen molar-refractivity contribution in [2.24, 2.45) is 0 Å². The molecule has 0 bridgehead atoms. The molecule has 1 N–H and O–H groups in total. The number of carbonyl (C=O) groups excluding carboxylic acids is 1. The van der Waals surface area contributed by atoms with Crippen molar-refractivity contribution in [3.8, 4) is 11.6 Å². The molecule has 0 radical (unpaired) electrons. The van der Waals surface area contributed by atoms with E-state index in [9.17, 15) is 13.6 Å². The molecule has 0 aliphatic rings. The third-order valence-corrected chi connectivity index (χ3v) is 5.42. The lowest BCUT2D eigenvalue weighted by Gasteiger charge is -2.08. The van der Waals surface area contributed by atoms with Gasteiger partial charge in [0.15, 0.2) is 22.4 Å². The number of carbonyl (C=O) groups is 1. The zero-order valence-electron chi connectivity index (χ0n) is 15.8. The number of amides is 1. The molecule has 1 amide bonds. The number of furan rings is 1. The molecule has 0 spiro atoms. The lowest BCUT2D eigenvalue weighted by molar-refractivity contribution is -0.113. The maximum absolute atomic E-state index is 13.8. The van der Waals surface area contributed by atoms with Crippen molar-refractivity contribution in [2.75, 3.05) is 11.1 Å². The molecule has 0 fully saturated rings. The van der Waals surface area contributed by atoms with Gasteiger partial charge < -0.3 is 9.73 Å². The van der Waals surface area contributed by atoms with Gasteiger partial charge in [-0.1, -0.05) is 23.9 Å². The summed E-state index contributed by atoms with van der Waals surface area (Å²) in [5.41, 5.74) is 1.07. The van der Waals surface area contributed by atoms with Crippen LogP contribution in [0.2, 0.25) is 0 Å². The Hall–Kier alpha value is -3.79. The summed E-state index contributed by atoms with van der Waals surface area (Å²) in [7, 11) is 0. The Balaban J connectivity index is 1.48. The number of rotatable bonds is 5. The van der Waals surface area contributed by atoms with Crippen LogP contribution in [0.5, 0.6) is 0 Å². The van der Waals surface area contributed by atoms with Gasteiger partial charge in [-0.2, -0.15) is 0 Å². The smallest absolute Gasteiger partial charge is 0.234 e. The first-order chi connectivity index (χ1) is 15.1. The second-order valence-corrected chi connectivity index (χ2v) is 7.47. The van der Waals surface area contributed by atoms with Gasteiger partial charge in [0.1, 0.15) is 11.6 Å². The highest BCUT2D eigenvalue weighted by Gasteiger charge is 2.19. The summed E-state index contributed by atoms with van der Waals surface area (Å²) < 4.78 is 34.3. The van der Waals surface area contributed by atoms with Crippen LogP contribution in [0.3, 0.4) is 0 Å². The summed E-state index contributed by atoms with van der Waals surface area (Å²) in [4.78, 5) is 17.0. The molecule has 0 aliphatic heterocycles. The van der Waals surface area contributed by atoms with Crippen LogP contribution in [-0.4, -0.2) is 31.2 Å². The molecule has 0 unspecified atom stereocenters. The van der Waals surface area contributed by atoms with E-state index in [4.69, 9.17) is 4.42 Å². The lowest BCUT2D eigenvalue weighted by Crippen LogP contribution is -2.15. The third kappa shape index (κ3) is 3.61. The highest BCUT2D eigenvalue weighted by molar-refractivity contribution is 7.99. The number of nitrogens with zero attached hydrogens (tertiary/aromatic N) is 4. The molecule has 0 atom stereocenters. The van der Waals surface area contributed by atoms with E-state index in [0.717, 1.165) is 40.9 Å². The van der Waals surface area contributed by atoms with Gasteiger partial charge in [0.2, 0.25) is 5.91 Å². The molecule has 3 heterocycles. The number of benzene rings is 2. The predicted molar refractivity (Wildman–Crippen MR) is 112 cm³/mol. The quantitative estimate of drug-likeness (QED) is 0.406. The normalized spacial score (nSPS) is 11.3. The fraction of sp³-hybridized carbons (Fsp3) is 0.0476. The molecule has 31 heavy (non-hydrogen) atoms. The van der Waals surface area contributed by atoms with Crippen LogP contribution in [0.4, 0.5) is 14.5 Å². The highest BCUT2D eigenvalue weighted by atomic mass is 32.2. The molecule has 10 heteroatoms. The highest BCUT2D eigenvalue weighted by Crippen LogP contribution is 2.29. The van der Waals surface area contributed by atoms with Crippen molar-refractivity contribution >= 4 is 39.9 Å². The number of nitrogens with one attached hydrogen (secondary N) is 1. The average Bonchev–Trinajstić information content (AvgIpc) is 3.45. The first-order valence-corrected chi connectivity index (χ1v) is 10.1. The van der Waals surface area contributed by atoms with E-state index in [0.29, 0.717) is 22.4 Å². The van der Waals surface area contributed by atoms with E-state index < -0.39 is 17.5 Å². The summed E-state index contributed by atoms with van der Waals surface area (Å²) in [5, 5.41) is 12.1. The molecule has 2 aromatic carbocycles.